The molecule has 0 saturated carbocycles. The van der Waals surface area contributed by atoms with Crippen LogP contribution in [-0.4, -0.2) is 31.7 Å². The van der Waals surface area contributed by atoms with Crippen LogP contribution in [0.5, 0.6) is 0 Å². The zero-order valence-corrected chi connectivity index (χ0v) is 18.7. The van der Waals surface area contributed by atoms with Crippen LogP contribution >= 0.6 is 11.6 Å². The van der Waals surface area contributed by atoms with Crippen LogP contribution in [0, 0.1) is 5.92 Å². The van der Waals surface area contributed by atoms with Crippen molar-refractivity contribution in [2.45, 2.75) is 25.1 Å². The molecule has 0 bridgehead atoms. The third kappa shape index (κ3) is 5.45. The number of fused-ring (bicyclic) bond motifs is 1. The maximum Gasteiger partial charge on any atom is 0.224 e. The van der Waals surface area contributed by atoms with E-state index in [9.17, 15) is 13.2 Å². The Bertz CT molecular complexity index is 1180. The number of hydrogen-bond donors (Lipinski definition) is 1. The topological polar surface area (TPSA) is 66.5 Å². The molecule has 1 fully saturated rings. The van der Waals surface area contributed by atoms with Crippen molar-refractivity contribution in [1.29, 1.82) is 0 Å². The van der Waals surface area contributed by atoms with E-state index in [1.54, 1.807) is 24.3 Å². The van der Waals surface area contributed by atoms with Gasteiger partial charge in [0.15, 0.2) is 0 Å². The summed E-state index contributed by atoms with van der Waals surface area (Å²) in [4.78, 5) is 12.8. The Balaban J connectivity index is 1.36. The lowest BCUT2D eigenvalue weighted by atomic mass is 9.98. The number of piperidine rings is 1. The fourth-order valence-electron chi connectivity index (χ4n) is 3.97. The highest BCUT2D eigenvalue weighted by Crippen LogP contribution is 2.23. The molecule has 7 heteroatoms. The van der Waals surface area contributed by atoms with E-state index in [1.165, 1.54) is 4.31 Å². The minimum absolute atomic E-state index is 0.0877. The van der Waals surface area contributed by atoms with Gasteiger partial charge < -0.3 is 5.32 Å². The van der Waals surface area contributed by atoms with Crippen LogP contribution in [0.1, 0.15) is 24.0 Å². The molecule has 1 heterocycles. The number of benzene rings is 3. The van der Waals surface area contributed by atoms with Crippen LogP contribution in [0.2, 0.25) is 5.02 Å². The fraction of sp³-hybridized carbons (Fsp3) is 0.292. The van der Waals surface area contributed by atoms with Gasteiger partial charge in [0.25, 0.3) is 0 Å². The average Bonchev–Trinajstić information content (AvgIpc) is 2.79. The predicted molar refractivity (Wildman–Crippen MR) is 124 cm³/mol. The molecule has 0 spiro atoms. The third-order valence-electron chi connectivity index (χ3n) is 5.69. The zero-order valence-electron chi connectivity index (χ0n) is 17.1. The molecule has 3 aromatic carbocycles. The van der Waals surface area contributed by atoms with Gasteiger partial charge in [0.05, 0.1) is 11.7 Å². The van der Waals surface area contributed by atoms with E-state index in [-0.39, 0.29) is 24.1 Å². The summed E-state index contributed by atoms with van der Waals surface area (Å²) < 4.78 is 27.2. The SMILES string of the molecule is O=C(NCc1ccc2ccccc2c1)[C@H]1CCCN(S(=O)(=O)Cc2ccc(Cl)cc2)C1. The van der Waals surface area contributed by atoms with Crippen molar-refractivity contribution in [3.05, 3.63) is 82.9 Å². The molecular formula is C24H25ClN2O3S. The van der Waals surface area contributed by atoms with Crippen molar-refractivity contribution < 1.29 is 13.2 Å². The van der Waals surface area contributed by atoms with Crippen molar-refractivity contribution in [1.82, 2.24) is 9.62 Å². The normalized spacial score (nSPS) is 17.5. The highest BCUT2D eigenvalue weighted by molar-refractivity contribution is 7.88. The Labute approximate surface area is 188 Å². The Hall–Kier alpha value is -2.41. The highest BCUT2D eigenvalue weighted by Gasteiger charge is 2.32. The first-order valence-corrected chi connectivity index (χ1v) is 12.4. The molecule has 1 amide bonds. The molecule has 31 heavy (non-hydrogen) atoms. The summed E-state index contributed by atoms with van der Waals surface area (Å²) in [5.41, 5.74) is 1.71. The lowest BCUT2D eigenvalue weighted by molar-refractivity contribution is -0.126. The van der Waals surface area contributed by atoms with E-state index in [1.807, 2.05) is 30.3 Å². The van der Waals surface area contributed by atoms with Crippen LogP contribution in [0.15, 0.2) is 66.7 Å². The number of nitrogens with one attached hydrogen (secondary N) is 1. The van der Waals surface area contributed by atoms with Crippen molar-refractivity contribution in [2.24, 2.45) is 5.92 Å². The van der Waals surface area contributed by atoms with Crippen LogP contribution < -0.4 is 5.32 Å². The van der Waals surface area contributed by atoms with Gasteiger partial charge in [-0.25, -0.2) is 12.7 Å². The fourth-order valence-corrected chi connectivity index (χ4v) is 5.71. The van der Waals surface area contributed by atoms with Crippen LogP contribution in [0.25, 0.3) is 10.8 Å². The number of carbonyl (C=O) groups excluding carboxylic acids is 1. The molecule has 1 N–H and O–H groups in total. The number of nitrogens with zero attached hydrogens (tertiary/aromatic N) is 1. The number of sulfonamides is 1. The molecule has 5 nitrogen and oxygen atoms in total. The molecule has 1 aliphatic rings. The summed E-state index contributed by atoms with van der Waals surface area (Å²) in [5, 5.41) is 5.85. The summed E-state index contributed by atoms with van der Waals surface area (Å²) in [6, 6.07) is 21.0. The summed E-state index contributed by atoms with van der Waals surface area (Å²) in [5.74, 6) is -0.524. The average molecular weight is 457 g/mol. The van der Waals surface area contributed by atoms with E-state index in [0.717, 1.165) is 16.3 Å². The maximum atomic E-state index is 12.9. The number of rotatable bonds is 6. The number of hydrogen-bond acceptors (Lipinski definition) is 3. The van der Waals surface area contributed by atoms with E-state index in [4.69, 9.17) is 11.6 Å². The second-order valence-electron chi connectivity index (χ2n) is 7.98. The molecular weight excluding hydrogens is 432 g/mol. The minimum atomic E-state index is -3.50. The highest BCUT2D eigenvalue weighted by atomic mass is 35.5. The summed E-state index contributed by atoms with van der Waals surface area (Å²) in [6.45, 7) is 1.10. The van der Waals surface area contributed by atoms with Gasteiger partial charge in [0.1, 0.15) is 0 Å². The first-order chi connectivity index (χ1) is 14.9. The molecule has 0 aromatic heterocycles. The van der Waals surface area contributed by atoms with Gasteiger partial charge in [0.2, 0.25) is 15.9 Å². The van der Waals surface area contributed by atoms with Crippen LogP contribution in [-0.2, 0) is 27.1 Å². The molecule has 162 valence electrons. The molecule has 1 atom stereocenters. The zero-order chi connectivity index (χ0) is 21.8. The minimum Gasteiger partial charge on any atom is -0.352 e. The quantitative estimate of drug-likeness (QED) is 0.599. The monoisotopic (exact) mass is 456 g/mol. The van der Waals surface area contributed by atoms with E-state index < -0.39 is 10.0 Å². The molecule has 4 rings (SSSR count). The van der Waals surface area contributed by atoms with Gasteiger partial charge in [0, 0.05) is 24.7 Å². The standard InChI is InChI=1S/C24H25ClN2O3S/c25-23-11-8-18(9-12-23)17-31(29,30)27-13-3-6-22(16-27)24(28)26-15-19-7-10-20-4-1-2-5-21(20)14-19/h1-2,4-5,7-12,14,22H,3,6,13,15-17H2,(H,26,28)/t22-/m0/s1. The molecule has 0 radical (unpaired) electrons. The smallest absolute Gasteiger partial charge is 0.224 e. The first-order valence-electron chi connectivity index (χ1n) is 10.4. The summed E-state index contributed by atoms with van der Waals surface area (Å²) in [7, 11) is -3.50. The first kappa shape index (κ1) is 21.8. The molecule has 3 aromatic rings. The van der Waals surface area contributed by atoms with Gasteiger partial charge in [-0.3, -0.25) is 4.79 Å². The van der Waals surface area contributed by atoms with Crippen molar-refractivity contribution in [2.75, 3.05) is 13.1 Å². The number of halogens is 1. The molecule has 1 aliphatic heterocycles. The summed E-state index contributed by atoms with van der Waals surface area (Å²) >= 11 is 5.88. The van der Waals surface area contributed by atoms with Crippen molar-refractivity contribution >= 4 is 38.3 Å². The molecule has 0 aliphatic carbocycles. The number of carbonyl (C=O) groups is 1. The number of amides is 1. The van der Waals surface area contributed by atoms with Crippen LogP contribution in [0.4, 0.5) is 0 Å². The predicted octanol–water partition coefficient (Wildman–Crippen LogP) is 4.35. The summed E-state index contributed by atoms with van der Waals surface area (Å²) in [6.07, 6.45) is 1.37. The lowest BCUT2D eigenvalue weighted by Crippen LogP contribution is -2.45. The van der Waals surface area contributed by atoms with E-state index >= 15 is 0 Å². The van der Waals surface area contributed by atoms with Crippen LogP contribution in [0.3, 0.4) is 0 Å². The van der Waals surface area contributed by atoms with Crippen molar-refractivity contribution in [3.63, 3.8) is 0 Å². The third-order valence-corrected chi connectivity index (χ3v) is 7.76. The van der Waals surface area contributed by atoms with Gasteiger partial charge in [-0.2, -0.15) is 0 Å². The Morgan fingerprint density at radius 3 is 2.48 bits per heavy atom. The molecule has 0 unspecified atom stereocenters. The van der Waals surface area contributed by atoms with E-state index in [0.29, 0.717) is 36.5 Å². The van der Waals surface area contributed by atoms with Gasteiger partial charge in [-0.1, -0.05) is 60.1 Å². The second kappa shape index (κ2) is 9.39. The Kier molecular flexibility index (Phi) is 6.60. The molecule has 1 saturated heterocycles. The lowest BCUT2D eigenvalue weighted by Gasteiger charge is -2.31. The van der Waals surface area contributed by atoms with Gasteiger partial charge >= 0.3 is 0 Å². The largest absolute Gasteiger partial charge is 0.352 e. The van der Waals surface area contributed by atoms with E-state index in [2.05, 4.69) is 17.4 Å². The Morgan fingerprint density at radius 2 is 1.71 bits per heavy atom. The van der Waals surface area contributed by atoms with Gasteiger partial charge in [-0.15, -0.1) is 0 Å². The van der Waals surface area contributed by atoms with Crippen molar-refractivity contribution in [3.8, 4) is 0 Å². The van der Waals surface area contributed by atoms with Gasteiger partial charge in [-0.05, 0) is 52.9 Å². The Morgan fingerprint density at radius 1 is 1.00 bits per heavy atom. The maximum absolute atomic E-state index is 12.9. The second-order valence-corrected chi connectivity index (χ2v) is 10.4.